The number of ether oxygens (including phenoxy) is 2. The molecule has 1 aromatic rings. The van der Waals surface area contributed by atoms with Crippen LogP contribution in [0.5, 0.6) is 11.5 Å². The number of rotatable bonds is 6. The zero-order valence-corrected chi connectivity index (χ0v) is 11.5. The fraction of sp³-hybridized carbons (Fsp3) is 0.600. The molecule has 0 heterocycles. The summed E-state index contributed by atoms with van der Waals surface area (Å²) in [5.74, 6) is 2.60. The van der Waals surface area contributed by atoms with Gasteiger partial charge in [0.2, 0.25) is 0 Å². The summed E-state index contributed by atoms with van der Waals surface area (Å²) in [6.45, 7) is 3.29. The molecular weight excluding hydrogens is 226 g/mol. The predicted molar refractivity (Wildman–Crippen MR) is 73.3 cm³/mol. The van der Waals surface area contributed by atoms with Gasteiger partial charge in [0.15, 0.2) is 0 Å². The molecule has 3 nitrogen and oxygen atoms in total. The highest BCUT2D eigenvalue weighted by molar-refractivity contribution is 5.42. The Morgan fingerprint density at radius 3 is 2.61 bits per heavy atom. The lowest BCUT2D eigenvalue weighted by Crippen LogP contribution is -2.29. The zero-order valence-electron chi connectivity index (χ0n) is 11.5. The second-order valence-electron chi connectivity index (χ2n) is 5.03. The minimum atomic E-state index is 0.312. The van der Waals surface area contributed by atoms with Crippen molar-refractivity contribution >= 4 is 0 Å². The van der Waals surface area contributed by atoms with Crippen molar-refractivity contribution in [2.24, 2.45) is 5.92 Å². The number of hydrogen-bond acceptors (Lipinski definition) is 3. The van der Waals surface area contributed by atoms with E-state index in [0.717, 1.165) is 24.0 Å². The van der Waals surface area contributed by atoms with Crippen LogP contribution in [-0.2, 0) is 0 Å². The molecule has 0 aromatic heterocycles. The molecule has 0 aliphatic heterocycles. The Balaban J connectivity index is 2.00. The second kappa shape index (κ2) is 6.10. The van der Waals surface area contributed by atoms with Crippen LogP contribution in [0.3, 0.4) is 0 Å². The Labute approximate surface area is 109 Å². The van der Waals surface area contributed by atoms with Crippen molar-refractivity contribution in [1.82, 2.24) is 5.32 Å². The Kier molecular flexibility index (Phi) is 4.48. The van der Waals surface area contributed by atoms with E-state index in [2.05, 4.69) is 18.3 Å². The van der Waals surface area contributed by atoms with Crippen molar-refractivity contribution in [3.05, 3.63) is 23.8 Å². The molecule has 0 radical (unpaired) electrons. The number of benzene rings is 1. The maximum Gasteiger partial charge on any atom is 0.127 e. The lowest BCUT2D eigenvalue weighted by Gasteiger charge is -2.28. The minimum Gasteiger partial charge on any atom is -0.497 e. The van der Waals surface area contributed by atoms with Crippen LogP contribution in [-0.4, -0.2) is 20.8 Å². The van der Waals surface area contributed by atoms with Gasteiger partial charge in [-0.05, 0) is 38.3 Å². The third-order valence-electron chi connectivity index (χ3n) is 3.84. The molecule has 100 valence electrons. The number of hydrogen-bond donors (Lipinski definition) is 1. The summed E-state index contributed by atoms with van der Waals surface area (Å²) in [5, 5.41) is 3.59. The minimum absolute atomic E-state index is 0.312. The van der Waals surface area contributed by atoms with Gasteiger partial charge in [0.25, 0.3) is 0 Å². The summed E-state index contributed by atoms with van der Waals surface area (Å²) in [6.07, 6.45) is 4.14. The van der Waals surface area contributed by atoms with Crippen molar-refractivity contribution in [3.63, 3.8) is 0 Å². The lowest BCUT2D eigenvalue weighted by molar-refractivity contribution is 0.290. The summed E-state index contributed by atoms with van der Waals surface area (Å²) in [4.78, 5) is 0. The smallest absolute Gasteiger partial charge is 0.127 e. The van der Waals surface area contributed by atoms with E-state index in [-0.39, 0.29) is 0 Å². The van der Waals surface area contributed by atoms with E-state index in [1.54, 1.807) is 14.2 Å². The number of methoxy groups -OCH3 is 2. The monoisotopic (exact) mass is 249 g/mol. The topological polar surface area (TPSA) is 30.5 Å². The van der Waals surface area contributed by atoms with Gasteiger partial charge in [0.1, 0.15) is 11.5 Å². The van der Waals surface area contributed by atoms with Crippen molar-refractivity contribution in [2.75, 3.05) is 20.8 Å². The summed E-state index contributed by atoms with van der Waals surface area (Å²) >= 11 is 0. The molecule has 1 N–H and O–H groups in total. The average molecular weight is 249 g/mol. The van der Waals surface area contributed by atoms with Gasteiger partial charge in [-0.3, -0.25) is 0 Å². The first-order valence-electron chi connectivity index (χ1n) is 6.70. The van der Waals surface area contributed by atoms with Crippen LogP contribution in [0.1, 0.15) is 37.8 Å². The lowest BCUT2D eigenvalue weighted by atomic mass is 9.85. The Hall–Kier alpha value is -1.22. The molecule has 1 unspecified atom stereocenters. The van der Waals surface area contributed by atoms with Crippen LogP contribution in [0.4, 0.5) is 0 Å². The molecule has 2 rings (SSSR count). The van der Waals surface area contributed by atoms with Crippen molar-refractivity contribution in [1.29, 1.82) is 0 Å². The van der Waals surface area contributed by atoms with Gasteiger partial charge in [-0.15, -0.1) is 0 Å². The van der Waals surface area contributed by atoms with Crippen LogP contribution in [0, 0.1) is 5.92 Å². The van der Waals surface area contributed by atoms with Gasteiger partial charge in [-0.1, -0.05) is 12.5 Å². The van der Waals surface area contributed by atoms with Crippen molar-refractivity contribution in [3.8, 4) is 11.5 Å². The largest absolute Gasteiger partial charge is 0.497 e. The normalized spacial score (nSPS) is 17.1. The van der Waals surface area contributed by atoms with E-state index in [9.17, 15) is 0 Å². The summed E-state index contributed by atoms with van der Waals surface area (Å²) in [5.41, 5.74) is 1.19. The van der Waals surface area contributed by atoms with Crippen LogP contribution in [0.25, 0.3) is 0 Å². The first-order valence-corrected chi connectivity index (χ1v) is 6.70. The molecule has 1 atom stereocenters. The van der Waals surface area contributed by atoms with E-state index in [4.69, 9.17) is 9.47 Å². The van der Waals surface area contributed by atoms with E-state index in [1.807, 2.05) is 12.1 Å². The van der Waals surface area contributed by atoms with Crippen LogP contribution >= 0.6 is 0 Å². The molecule has 1 fully saturated rings. The molecule has 1 aliphatic carbocycles. The van der Waals surface area contributed by atoms with E-state index in [1.165, 1.54) is 24.8 Å². The number of nitrogens with one attached hydrogen (secondary N) is 1. The fourth-order valence-electron chi connectivity index (χ4n) is 2.33. The van der Waals surface area contributed by atoms with Gasteiger partial charge in [-0.25, -0.2) is 0 Å². The van der Waals surface area contributed by atoms with Crippen molar-refractivity contribution in [2.45, 2.75) is 32.2 Å². The standard InChI is InChI=1S/C15H23NO2/c1-11(16-10-12-5-4-6-12)14-8-7-13(17-2)9-15(14)18-3/h7-9,11-12,16H,4-6,10H2,1-3H3. The molecule has 1 aliphatic rings. The first kappa shape index (κ1) is 13.2. The Bertz CT molecular complexity index is 388. The highest BCUT2D eigenvalue weighted by atomic mass is 16.5. The van der Waals surface area contributed by atoms with Gasteiger partial charge < -0.3 is 14.8 Å². The summed E-state index contributed by atoms with van der Waals surface area (Å²) in [6, 6.07) is 6.32. The maximum absolute atomic E-state index is 5.44. The van der Waals surface area contributed by atoms with Gasteiger partial charge >= 0.3 is 0 Å². The van der Waals surface area contributed by atoms with Crippen LogP contribution in [0.15, 0.2) is 18.2 Å². The fourth-order valence-corrected chi connectivity index (χ4v) is 2.33. The third kappa shape index (κ3) is 2.96. The summed E-state index contributed by atoms with van der Waals surface area (Å²) in [7, 11) is 3.38. The average Bonchev–Trinajstić information content (AvgIpc) is 2.35. The Morgan fingerprint density at radius 2 is 2.06 bits per heavy atom. The van der Waals surface area contributed by atoms with E-state index < -0.39 is 0 Å². The SMILES string of the molecule is COc1ccc(C(C)NCC2CCC2)c(OC)c1. The third-order valence-corrected chi connectivity index (χ3v) is 3.84. The van der Waals surface area contributed by atoms with Gasteiger partial charge in [0.05, 0.1) is 14.2 Å². The maximum atomic E-state index is 5.44. The molecule has 0 saturated heterocycles. The van der Waals surface area contributed by atoms with Crippen LogP contribution in [0.2, 0.25) is 0 Å². The molecule has 3 heteroatoms. The molecule has 18 heavy (non-hydrogen) atoms. The first-order chi connectivity index (χ1) is 8.74. The highest BCUT2D eigenvalue weighted by Crippen LogP contribution is 2.30. The molecule has 0 spiro atoms. The quantitative estimate of drug-likeness (QED) is 0.840. The molecule has 0 bridgehead atoms. The van der Waals surface area contributed by atoms with E-state index >= 15 is 0 Å². The van der Waals surface area contributed by atoms with E-state index in [0.29, 0.717) is 6.04 Å². The van der Waals surface area contributed by atoms with Gasteiger partial charge in [-0.2, -0.15) is 0 Å². The van der Waals surface area contributed by atoms with Crippen molar-refractivity contribution < 1.29 is 9.47 Å². The molecular formula is C15H23NO2. The highest BCUT2D eigenvalue weighted by Gasteiger charge is 2.19. The molecule has 1 saturated carbocycles. The molecule has 0 amide bonds. The Morgan fingerprint density at radius 1 is 1.28 bits per heavy atom. The predicted octanol–water partition coefficient (Wildman–Crippen LogP) is 3.15. The summed E-state index contributed by atoms with van der Waals surface area (Å²) < 4.78 is 10.7. The zero-order chi connectivity index (χ0) is 13.0. The van der Waals surface area contributed by atoms with Crippen LogP contribution < -0.4 is 14.8 Å². The second-order valence-corrected chi connectivity index (χ2v) is 5.03. The molecule has 1 aromatic carbocycles. The van der Waals surface area contributed by atoms with Gasteiger partial charge in [0, 0.05) is 17.7 Å².